The molecule has 0 bridgehead atoms. The van der Waals surface area contributed by atoms with Gasteiger partial charge in [0.05, 0.1) is 17.2 Å². The van der Waals surface area contributed by atoms with Gasteiger partial charge in [0, 0.05) is 131 Å². The van der Waals surface area contributed by atoms with E-state index in [0.29, 0.717) is 0 Å². The van der Waals surface area contributed by atoms with Crippen LogP contribution in [0.2, 0.25) is 0 Å². The number of hydrogen-bond donors (Lipinski definition) is 6. The fraction of sp³-hybridized carbons (Fsp3) is 0.556. The van der Waals surface area contributed by atoms with Crippen molar-refractivity contribution in [3.05, 3.63) is 31.5 Å². The molecule has 0 amide bonds. The summed E-state index contributed by atoms with van der Waals surface area (Å²) in [5.74, 6) is 0. The largest absolute Gasteiger partial charge is 0.490 e. The molecule has 0 spiro atoms. The summed E-state index contributed by atoms with van der Waals surface area (Å²) in [5, 5.41) is 9.97. The number of halogens is 1. The summed E-state index contributed by atoms with van der Waals surface area (Å²) in [6, 6.07) is 0. The quantitative estimate of drug-likeness (QED) is 0.130. The van der Waals surface area contributed by atoms with Crippen LogP contribution >= 0.6 is 39.4 Å². The number of aromatic nitrogens is 2. The molecule has 2 unspecified atom stereocenters. The molecule has 1 saturated heterocycles. The van der Waals surface area contributed by atoms with Crippen molar-refractivity contribution in [3.63, 3.8) is 0 Å². The molecule has 0 saturated carbocycles. The van der Waals surface area contributed by atoms with Crippen molar-refractivity contribution in [2.24, 2.45) is 0 Å². The molecule has 4 radical (unpaired) electrons. The van der Waals surface area contributed by atoms with Gasteiger partial charge in [0.25, 0.3) is 5.56 Å². The van der Waals surface area contributed by atoms with Crippen molar-refractivity contribution in [1.29, 1.82) is 0 Å². The van der Waals surface area contributed by atoms with Crippen LogP contribution in [0, 0.1) is 0 Å². The Kier molecular flexibility index (Phi) is 20.6. The Bertz CT molecular complexity index is 1030. The topological polar surface area (TPSA) is 244 Å². The minimum atomic E-state index is -5.68. The Balaban J connectivity index is -0.00000225. The van der Waals surface area contributed by atoms with Gasteiger partial charge in [0.1, 0.15) is 12.3 Å². The van der Waals surface area contributed by atoms with Crippen LogP contribution in [0.3, 0.4) is 0 Å². The predicted octanol–water partition coefficient (Wildman–Crippen LogP) is -2.23. The molecule has 1 fully saturated rings. The number of H-pyrrole nitrogens is 1. The fourth-order valence-corrected chi connectivity index (χ4v) is 5.53. The molecule has 170 valence electrons. The number of aromatic amines is 1. The first-order chi connectivity index (χ1) is 13.1. The van der Waals surface area contributed by atoms with E-state index in [9.17, 15) is 33.3 Å². The SMILES string of the molecule is O=c1[nH]c(=O)n([C@H]2C[C@H](O)[C@@H](COP(=O)(O)OP(=O)(O)OP(=O)(O)O)O2)cc1Br.[Na].[Na].[Na].[Na]. The Hall–Kier alpha value is 3.49. The summed E-state index contributed by atoms with van der Waals surface area (Å²) in [6.45, 7) is -0.888. The van der Waals surface area contributed by atoms with Crippen molar-refractivity contribution in [1.82, 2.24) is 9.55 Å². The molecular formula is C9H14BrN2Na4O14P3. The summed E-state index contributed by atoms with van der Waals surface area (Å²) in [5.41, 5.74) is -1.56. The van der Waals surface area contributed by atoms with E-state index in [4.69, 9.17) is 19.4 Å². The molecule has 1 aromatic rings. The van der Waals surface area contributed by atoms with E-state index >= 15 is 0 Å². The van der Waals surface area contributed by atoms with Gasteiger partial charge >= 0.3 is 29.2 Å². The first kappa shape index (κ1) is 41.0. The molecule has 1 aromatic heterocycles. The van der Waals surface area contributed by atoms with Crippen molar-refractivity contribution in [3.8, 4) is 0 Å². The summed E-state index contributed by atoms with van der Waals surface area (Å²) >= 11 is 2.91. The van der Waals surface area contributed by atoms with Gasteiger partial charge in [-0.2, -0.15) is 8.62 Å². The zero-order chi connectivity index (χ0) is 22.2. The van der Waals surface area contributed by atoms with Gasteiger partial charge in [0.2, 0.25) is 0 Å². The molecule has 24 heteroatoms. The normalized spacial score (nSPS) is 23.5. The van der Waals surface area contributed by atoms with Crippen LogP contribution < -0.4 is 11.2 Å². The molecule has 1 aliphatic heterocycles. The van der Waals surface area contributed by atoms with Gasteiger partial charge in [-0.1, -0.05) is 0 Å². The molecule has 0 aromatic carbocycles. The van der Waals surface area contributed by atoms with Crippen molar-refractivity contribution < 1.29 is 56.3 Å². The Labute approximate surface area is 282 Å². The molecule has 0 aliphatic carbocycles. The molecule has 5 atom stereocenters. The number of hydrogen-bond acceptors (Lipinski definition) is 10. The summed E-state index contributed by atoms with van der Waals surface area (Å²) in [7, 11) is -16.6. The minimum Gasteiger partial charge on any atom is -0.390 e. The van der Waals surface area contributed by atoms with Crippen molar-refractivity contribution >= 4 is 158 Å². The monoisotopic (exact) mass is 638 g/mol. The molecule has 16 nitrogen and oxygen atoms in total. The molecule has 6 N–H and O–H groups in total. The molecule has 2 heterocycles. The van der Waals surface area contributed by atoms with E-state index in [1.807, 2.05) is 4.98 Å². The zero-order valence-corrected chi connectivity index (χ0v) is 30.1. The van der Waals surface area contributed by atoms with E-state index in [1.165, 1.54) is 0 Å². The number of phosphoric ester groups is 1. The number of aliphatic hydroxyl groups excluding tert-OH is 1. The van der Waals surface area contributed by atoms with Gasteiger partial charge in [0.15, 0.2) is 0 Å². The number of nitrogens with zero attached hydrogens (tertiary/aromatic N) is 1. The average molecular weight is 639 g/mol. The number of phosphoric acid groups is 3. The third-order valence-corrected chi connectivity index (χ3v) is 7.62. The number of rotatable bonds is 8. The Morgan fingerprint density at radius 2 is 1.61 bits per heavy atom. The van der Waals surface area contributed by atoms with Crippen LogP contribution in [0.15, 0.2) is 20.3 Å². The van der Waals surface area contributed by atoms with Gasteiger partial charge in [-0.05, 0) is 15.9 Å². The van der Waals surface area contributed by atoms with Gasteiger partial charge in [-0.15, -0.1) is 0 Å². The zero-order valence-electron chi connectivity index (χ0n) is 17.8. The van der Waals surface area contributed by atoms with E-state index < -0.39 is 59.8 Å². The number of nitrogens with one attached hydrogen (secondary N) is 1. The molecule has 33 heavy (non-hydrogen) atoms. The van der Waals surface area contributed by atoms with Crippen LogP contribution in [0.25, 0.3) is 0 Å². The van der Waals surface area contributed by atoms with Crippen molar-refractivity contribution in [2.45, 2.75) is 24.9 Å². The second kappa shape index (κ2) is 16.6. The average Bonchev–Trinajstić information content (AvgIpc) is 2.86. The summed E-state index contributed by atoms with van der Waals surface area (Å²) in [4.78, 5) is 60.5. The maximum absolute atomic E-state index is 11.8. The van der Waals surface area contributed by atoms with Gasteiger partial charge in [-0.3, -0.25) is 18.9 Å². The van der Waals surface area contributed by atoms with E-state index in [-0.39, 0.29) is 129 Å². The summed E-state index contributed by atoms with van der Waals surface area (Å²) in [6.07, 6.45) is -2.83. The maximum Gasteiger partial charge on any atom is 0.490 e. The second-order valence-electron chi connectivity index (χ2n) is 5.46. The van der Waals surface area contributed by atoms with E-state index in [0.717, 1.165) is 10.8 Å². The second-order valence-corrected chi connectivity index (χ2v) is 10.7. The van der Waals surface area contributed by atoms with E-state index in [1.54, 1.807) is 0 Å². The van der Waals surface area contributed by atoms with E-state index in [2.05, 4.69) is 29.1 Å². The van der Waals surface area contributed by atoms with Crippen LogP contribution in [-0.4, -0.2) is 171 Å². The number of aliphatic hydroxyl groups is 1. The molecule has 2 rings (SSSR count). The van der Waals surface area contributed by atoms with Gasteiger partial charge < -0.3 is 29.4 Å². The summed E-state index contributed by atoms with van der Waals surface area (Å²) < 4.78 is 51.2. The first-order valence-electron chi connectivity index (χ1n) is 7.21. The Morgan fingerprint density at radius 1 is 1.06 bits per heavy atom. The Morgan fingerprint density at radius 3 is 2.12 bits per heavy atom. The van der Waals surface area contributed by atoms with Crippen LogP contribution in [0.4, 0.5) is 0 Å². The minimum absolute atomic E-state index is 0. The van der Waals surface area contributed by atoms with Crippen molar-refractivity contribution in [2.75, 3.05) is 6.61 Å². The molecule has 1 aliphatic rings. The smallest absolute Gasteiger partial charge is 0.390 e. The fourth-order valence-electron chi connectivity index (χ4n) is 2.18. The molecular weight excluding hydrogens is 625 g/mol. The van der Waals surface area contributed by atoms with Crippen LogP contribution in [0.5, 0.6) is 0 Å². The number of ether oxygens (including phenoxy) is 1. The first-order valence-corrected chi connectivity index (χ1v) is 12.5. The third-order valence-electron chi connectivity index (χ3n) is 3.26. The maximum atomic E-state index is 11.8. The van der Waals surface area contributed by atoms with Crippen LogP contribution in [0.1, 0.15) is 12.6 Å². The standard InChI is InChI=1S/C9H14BrN2O14P3.4Na/c10-4-2-12(9(15)11-8(4)14)7-1-5(13)6(24-7)3-23-28(19,20)26-29(21,22)25-27(16,17)18;;;;/h2,5-7,13H,1,3H2,(H,19,20)(H,21,22)(H,11,14,15)(H2,16,17,18);;;;/t5-,6+,7+;;;;/m0..../s1. The van der Waals surface area contributed by atoms with Crippen LogP contribution in [-0.2, 0) is 31.6 Å². The van der Waals surface area contributed by atoms with Gasteiger partial charge in [-0.25, -0.2) is 18.5 Å². The predicted molar refractivity (Wildman–Crippen MR) is 116 cm³/mol. The third kappa shape index (κ3) is 13.9.